The summed E-state index contributed by atoms with van der Waals surface area (Å²) in [6.07, 6.45) is 1.30. The van der Waals surface area contributed by atoms with E-state index in [1.165, 1.54) is 0 Å². The zero-order valence-corrected chi connectivity index (χ0v) is 12.9. The molecule has 0 aliphatic carbocycles. The third-order valence-electron chi connectivity index (χ3n) is 3.07. The van der Waals surface area contributed by atoms with E-state index in [1.807, 2.05) is 24.3 Å². The normalized spacial score (nSPS) is 14.4. The summed E-state index contributed by atoms with van der Waals surface area (Å²) in [7, 11) is 0. The van der Waals surface area contributed by atoms with Gasteiger partial charge in [-0.2, -0.15) is 0 Å². The summed E-state index contributed by atoms with van der Waals surface area (Å²) in [5.74, 6) is -0.615. The van der Waals surface area contributed by atoms with Gasteiger partial charge in [0.2, 0.25) is 5.91 Å². The van der Waals surface area contributed by atoms with E-state index in [2.05, 4.69) is 10.6 Å². The van der Waals surface area contributed by atoms with E-state index in [0.29, 0.717) is 0 Å². The molecule has 1 atom stereocenters. The molecule has 6 nitrogen and oxygen atoms in total. The number of rotatable bonds is 4. The monoisotopic (exact) mass is 302 g/mol. The summed E-state index contributed by atoms with van der Waals surface area (Å²) in [4.78, 5) is 23.4. The third-order valence-corrected chi connectivity index (χ3v) is 3.07. The first kappa shape index (κ1) is 15.9. The topological polar surface area (TPSA) is 95.5 Å². The van der Waals surface area contributed by atoms with Gasteiger partial charge < -0.3 is 15.8 Å². The van der Waals surface area contributed by atoms with Crippen molar-refractivity contribution >= 4 is 23.3 Å². The van der Waals surface area contributed by atoms with E-state index in [0.717, 1.165) is 16.8 Å². The fourth-order valence-electron chi connectivity index (χ4n) is 2.13. The number of fused-ring (bicyclic) bond motifs is 1. The molecule has 117 valence electrons. The maximum Gasteiger partial charge on any atom is 0.408 e. The van der Waals surface area contributed by atoms with Crippen LogP contribution in [0.25, 0.3) is 5.57 Å². The molecule has 0 saturated carbocycles. The van der Waals surface area contributed by atoms with Crippen molar-refractivity contribution in [2.24, 2.45) is 5.73 Å². The van der Waals surface area contributed by atoms with E-state index < -0.39 is 23.6 Å². The second-order valence-electron chi connectivity index (χ2n) is 6.11. The molecule has 2 amide bonds. The first-order chi connectivity index (χ1) is 10.3. The number of benzene rings is 1. The standard InChI is InChI=1S/C16H20N3O3/c1-16(2,3)22-15(21)19-13(14(17)20)8-10-9-18-12-7-5-4-6-11(10)12/h4-7,9,13H,8H2,1-3H3,(H2,17,20)(H,19,21). The number of hydrogen-bond acceptors (Lipinski definition) is 3. The zero-order chi connectivity index (χ0) is 16.3. The van der Waals surface area contributed by atoms with Crippen LogP contribution >= 0.6 is 0 Å². The van der Waals surface area contributed by atoms with E-state index in [4.69, 9.17) is 10.5 Å². The Morgan fingerprint density at radius 3 is 2.64 bits per heavy atom. The minimum absolute atomic E-state index is 0.273. The van der Waals surface area contributed by atoms with Crippen molar-refractivity contribution in [3.8, 4) is 0 Å². The van der Waals surface area contributed by atoms with Crippen molar-refractivity contribution in [2.75, 3.05) is 0 Å². The summed E-state index contributed by atoms with van der Waals surface area (Å²) in [5, 5.41) is 6.79. The number of hydrogen-bond donors (Lipinski definition) is 2. The van der Waals surface area contributed by atoms with Gasteiger partial charge in [0.15, 0.2) is 0 Å². The molecular formula is C16H20N3O3. The van der Waals surface area contributed by atoms with Crippen molar-refractivity contribution < 1.29 is 14.3 Å². The van der Waals surface area contributed by atoms with Crippen LogP contribution < -0.4 is 16.4 Å². The number of nitrogens with one attached hydrogen (secondary N) is 1. The van der Waals surface area contributed by atoms with Gasteiger partial charge in [-0.25, -0.2) is 4.79 Å². The molecular weight excluding hydrogens is 282 g/mol. The quantitative estimate of drug-likeness (QED) is 0.891. The molecule has 0 aromatic heterocycles. The smallest absolute Gasteiger partial charge is 0.408 e. The molecule has 6 heteroatoms. The number of alkyl carbamates (subject to hydrolysis) is 1. The molecule has 1 aliphatic heterocycles. The minimum atomic E-state index is -0.845. The predicted molar refractivity (Wildman–Crippen MR) is 83.2 cm³/mol. The Hall–Kier alpha value is -2.50. The molecule has 1 unspecified atom stereocenters. The Morgan fingerprint density at radius 1 is 1.32 bits per heavy atom. The largest absolute Gasteiger partial charge is 0.444 e. The van der Waals surface area contributed by atoms with Gasteiger partial charge in [0.1, 0.15) is 11.6 Å². The van der Waals surface area contributed by atoms with Crippen molar-refractivity contribution in [1.82, 2.24) is 10.6 Å². The van der Waals surface area contributed by atoms with Gasteiger partial charge in [-0.05, 0) is 32.4 Å². The molecule has 0 bridgehead atoms. The summed E-state index contributed by atoms with van der Waals surface area (Å²) in [6, 6.07) is 6.75. The lowest BCUT2D eigenvalue weighted by Crippen LogP contribution is -2.46. The maximum atomic E-state index is 11.8. The summed E-state index contributed by atoms with van der Waals surface area (Å²) in [5.41, 5.74) is 7.39. The van der Waals surface area contributed by atoms with Crippen molar-refractivity contribution in [1.29, 1.82) is 0 Å². The molecule has 1 aromatic rings. The van der Waals surface area contributed by atoms with E-state index in [9.17, 15) is 9.59 Å². The molecule has 1 aromatic carbocycles. The van der Waals surface area contributed by atoms with Gasteiger partial charge in [0.25, 0.3) is 0 Å². The zero-order valence-electron chi connectivity index (χ0n) is 12.9. The highest BCUT2D eigenvalue weighted by Crippen LogP contribution is 2.32. The number of nitrogens with zero attached hydrogens (tertiary/aromatic N) is 1. The molecule has 0 spiro atoms. The fourth-order valence-corrected chi connectivity index (χ4v) is 2.13. The Labute approximate surface area is 129 Å². The van der Waals surface area contributed by atoms with E-state index >= 15 is 0 Å². The van der Waals surface area contributed by atoms with Crippen LogP contribution in [0, 0.1) is 0 Å². The van der Waals surface area contributed by atoms with Crippen molar-refractivity contribution in [3.05, 3.63) is 36.0 Å². The number of carbonyl (C=O) groups is 2. The SMILES string of the molecule is CC(C)(C)OC(=O)NC(CC1=C[N]c2ccccc21)C(N)=O. The number of ether oxygens (including phenoxy) is 1. The number of nitrogens with two attached hydrogens (primary N) is 1. The highest BCUT2D eigenvalue weighted by molar-refractivity contribution is 5.88. The van der Waals surface area contributed by atoms with Gasteiger partial charge in [-0.3, -0.25) is 10.1 Å². The molecule has 0 saturated heterocycles. The van der Waals surface area contributed by atoms with Crippen LogP contribution in [-0.4, -0.2) is 23.6 Å². The van der Waals surface area contributed by atoms with Gasteiger partial charge in [-0.1, -0.05) is 18.2 Å². The second-order valence-corrected chi connectivity index (χ2v) is 6.11. The Bertz CT molecular complexity index is 617. The highest BCUT2D eigenvalue weighted by atomic mass is 16.6. The lowest BCUT2D eigenvalue weighted by atomic mass is 10.00. The summed E-state index contributed by atoms with van der Waals surface area (Å²) >= 11 is 0. The lowest BCUT2D eigenvalue weighted by Gasteiger charge is -2.22. The van der Waals surface area contributed by atoms with E-state index in [1.54, 1.807) is 27.0 Å². The lowest BCUT2D eigenvalue weighted by molar-refractivity contribution is -0.119. The average Bonchev–Trinajstić information content (AvgIpc) is 2.79. The Morgan fingerprint density at radius 2 is 2.00 bits per heavy atom. The van der Waals surface area contributed by atoms with Gasteiger partial charge in [-0.15, -0.1) is 0 Å². The minimum Gasteiger partial charge on any atom is -0.444 e. The van der Waals surface area contributed by atoms with Crippen LogP contribution in [0.15, 0.2) is 30.5 Å². The number of carbonyl (C=O) groups excluding carboxylic acids is 2. The molecule has 1 radical (unpaired) electrons. The van der Waals surface area contributed by atoms with Gasteiger partial charge in [0.05, 0.1) is 5.69 Å². The van der Waals surface area contributed by atoms with Crippen LogP contribution in [0.5, 0.6) is 0 Å². The summed E-state index contributed by atoms with van der Waals surface area (Å²) in [6.45, 7) is 5.25. The fraction of sp³-hybridized carbons (Fsp3) is 0.375. The first-order valence-electron chi connectivity index (χ1n) is 7.04. The second kappa shape index (κ2) is 6.09. The average molecular weight is 302 g/mol. The number of amides is 2. The predicted octanol–water partition coefficient (Wildman–Crippen LogP) is 2.05. The molecule has 2 rings (SSSR count). The van der Waals surface area contributed by atoms with Gasteiger partial charge >= 0.3 is 6.09 Å². The van der Waals surface area contributed by atoms with E-state index in [-0.39, 0.29) is 6.42 Å². The molecule has 0 fully saturated rings. The van der Waals surface area contributed by atoms with Crippen LogP contribution in [0.1, 0.15) is 32.8 Å². The number of para-hydroxylation sites is 1. The summed E-state index contributed by atoms with van der Waals surface area (Å²) < 4.78 is 5.15. The third kappa shape index (κ3) is 4.00. The first-order valence-corrected chi connectivity index (χ1v) is 7.04. The molecule has 22 heavy (non-hydrogen) atoms. The molecule has 1 aliphatic rings. The van der Waals surface area contributed by atoms with Crippen LogP contribution in [0.3, 0.4) is 0 Å². The van der Waals surface area contributed by atoms with Crippen LogP contribution in [0.2, 0.25) is 0 Å². The van der Waals surface area contributed by atoms with Crippen molar-refractivity contribution in [2.45, 2.75) is 38.8 Å². The van der Waals surface area contributed by atoms with Crippen LogP contribution in [-0.2, 0) is 9.53 Å². The highest BCUT2D eigenvalue weighted by Gasteiger charge is 2.26. The number of primary amides is 1. The Kier molecular flexibility index (Phi) is 4.40. The maximum absolute atomic E-state index is 11.8. The van der Waals surface area contributed by atoms with Crippen LogP contribution in [0.4, 0.5) is 10.5 Å². The molecule has 3 N–H and O–H groups in total. The van der Waals surface area contributed by atoms with Gasteiger partial charge in [0, 0.05) is 18.2 Å². The Balaban J connectivity index is 2.05. The van der Waals surface area contributed by atoms with Crippen molar-refractivity contribution in [3.63, 3.8) is 0 Å². The molecule has 1 heterocycles.